The second kappa shape index (κ2) is 3.09. The molecule has 2 aliphatic heterocycles. The molecule has 2 heterocycles. The Morgan fingerprint density at radius 3 is 3.27 bits per heavy atom. The van der Waals surface area contributed by atoms with Crippen LogP contribution in [0.4, 0.5) is 0 Å². The maximum atomic E-state index is 5.40. The molecule has 0 aromatic carbocycles. The maximum absolute atomic E-state index is 5.40. The zero-order valence-electron chi connectivity index (χ0n) is 7.05. The molecular weight excluding hydrogens is 140 g/mol. The van der Waals surface area contributed by atoms with Gasteiger partial charge in [-0.3, -0.25) is 0 Å². The van der Waals surface area contributed by atoms with Crippen molar-refractivity contribution in [3.05, 3.63) is 0 Å². The molecule has 2 atom stereocenters. The van der Waals surface area contributed by atoms with E-state index < -0.39 is 0 Å². The van der Waals surface area contributed by atoms with Gasteiger partial charge in [-0.15, -0.1) is 0 Å². The Kier molecular flexibility index (Phi) is 2.11. The minimum atomic E-state index is 0.586. The molecule has 3 heteroatoms. The van der Waals surface area contributed by atoms with Gasteiger partial charge in [0.1, 0.15) is 0 Å². The largest absolute Gasteiger partial charge is 0.380 e. The smallest absolute Gasteiger partial charge is 0.0634 e. The predicted octanol–water partition coefficient (Wildman–Crippen LogP) is -0.321. The van der Waals surface area contributed by atoms with Gasteiger partial charge in [0.05, 0.1) is 6.61 Å². The summed E-state index contributed by atoms with van der Waals surface area (Å²) < 4.78 is 5.40. The van der Waals surface area contributed by atoms with E-state index in [0.29, 0.717) is 6.04 Å². The summed E-state index contributed by atoms with van der Waals surface area (Å²) in [6, 6.07) is 1.31. The molecule has 1 N–H and O–H groups in total. The summed E-state index contributed by atoms with van der Waals surface area (Å²) >= 11 is 0. The fourth-order valence-electron chi connectivity index (χ4n) is 2.04. The first kappa shape index (κ1) is 7.53. The molecule has 64 valence electrons. The second-order valence-electron chi connectivity index (χ2n) is 3.47. The number of piperazine rings is 1. The monoisotopic (exact) mass is 156 g/mol. The van der Waals surface area contributed by atoms with Gasteiger partial charge >= 0.3 is 0 Å². The molecule has 0 radical (unpaired) electrons. The van der Waals surface area contributed by atoms with Crippen LogP contribution >= 0.6 is 0 Å². The first-order valence-electron chi connectivity index (χ1n) is 4.39. The van der Waals surface area contributed by atoms with Gasteiger partial charge in [0.2, 0.25) is 0 Å². The minimum absolute atomic E-state index is 0.586. The molecule has 11 heavy (non-hydrogen) atoms. The molecular formula is C8H16N2O. The number of ether oxygens (including phenoxy) is 1. The molecule has 0 aromatic heterocycles. The first-order valence-corrected chi connectivity index (χ1v) is 4.39. The number of hydrogen-bond donors (Lipinski definition) is 1. The third-order valence-electron chi connectivity index (χ3n) is 2.76. The molecule has 0 aliphatic carbocycles. The summed E-state index contributed by atoms with van der Waals surface area (Å²) in [5.41, 5.74) is 0. The Morgan fingerprint density at radius 2 is 2.45 bits per heavy atom. The molecule has 0 spiro atoms. The van der Waals surface area contributed by atoms with Gasteiger partial charge in [-0.05, 0) is 13.5 Å². The maximum Gasteiger partial charge on any atom is 0.0634 e. The Balaban J connectivity index is 1.99. The van der Waals surface area contributed by atoms with Gasteiger partial charge in [-0.2, -0.15) is 0 Å². The van der Waals surface area contributed by atoms with Crippen molar-refractivity contribution in [2.24, 2.45) is 0 Å². The number of nitrogens with zero attached hydrogens (tertiary/aromatic N) is 1. The Bertz CT molecular complexity index is 138. The van der Waals surface area contributed by atoms with Crippen LogP contribution in [0, 0.1) is 0 Å². The SMILES string of the molecule is CN1CCNC2COCCC21. The van der Waals surface area contributed by atoms with E-state index in [0.717, 1.165) is 25.8 Å². The van der Waals surface area contributed by atoms with Crippen LogP contribution in [0.25, 0.3) is 0 Å². The van der Waals surface area contributed by atoms with Crippen molar-refractivity contribution in [1.29, 1.82) is 0 Å². The van der Waals surface area contributed by atoms with Crippen LogP contribution in [0.3, 0.4) is 0 Å². The molecule has 0 saturated carbocycles. The van der Waals surface area contributed by atoms with E-state index >= 15 is 0 Å². The van der Waals surface area contributed by atoms with E-state index in [-0.39, 0.29) is 0 Å². The molecule has 2 rings (SSSR count). The number of likely N-dealkylation sites (N-methyl/N-ethyl adjacent to an activating group) is 1. The van der Waals surface area contributed by atoms with E-state index in [9.17, 15) is 0 Å². The molecule has 2 aliphatic rings. The summed E-state index contributed by atoms with van der Waals surface area (Å²) in [6.07, 6.45) is 1.19. The lowest BCUT2D eigenvalue weighted by Crippen LogP contribution is -2.60. The molecule has 0 bridgehead atoms. The fraction of sp³-hybridized carbons (Fsp3) is 1.00. The lowest BCUT2D eigenvalue weighted by atomic mass is 10.00. The molecule has 2 unspecified atom stereocenters. The highest BCUT2D eigenvalue weighted by Crippen LogP contribution is 2.15. The van der Waals surface area contributed by atoms with Gasteiger partial charge in [-0.25, -0.2) is 0 Å². The summed E-state index contributed by atoms with van der Waals surface area (Å²) in [7, 11) is 2.21. The van der Waals surface area contributed by atoms with Crippen LogP contribution in [0.1, 0.15) is 6.42 Å². The summed E-state index contributed by atoms with van der Waals surface area (Å²) in [5, 5.41) is 3.48. The van der Waals surface area contributed by atoms with E-state index in [1.54, 1.807) is 0 Å². The van der Waals surface area contributed by atoms with Gasteiger partial charge in [0, 0.05) is 31.8 Å². The van der Waals surface area contributed by atoms with Crippen LogP contribution in [-0.2, 0) is 4.74 Å². The van der Waals surface area contributed by atoms with E-state index in [2.05, 4.69) is 17.3 Å². The third kappa shape index (κ3) is 1.41. The predicted molar refractivity (Wildman–Crippen MR) is 43.6 cm³/mol. The average molecular weight is 156 g/mol. The summed E-state index contributed by atoms with van der Waals surface area (Å²) in [4.78, 5) is 2.45. The fourth-order valence-corrected chi connectivity index (χ4v) is 2.04. The van der Waals surface area contributed by atoms with Crippen LogP contribution in [-0.4, -0.2) is 50.3 Å². The lowest BCUT2D eigenvalue weighted by Gasteiger charge is -2.42. The van der Waals surface area contributed by atoms with Crippen molar-refractivity contribution in [2.75, 3.05) is 33.4 Å². The van der Waals surface area contributed by atoms with Crippen LogP contribution in [0.5, 0.6) is 0 Å². The summed E-state index contributed by atoms with van der Waals surface area (Å²) in [5.74, 6) is 0. The van der Waals surface area contributed by atoms with Crippen molar-refractivity contribution in [3.8, 4) is 0 Å². The zero-order valence-corrected chi connectivity index (χ0v) is 7.05. The van der Waals surface area contributed by atoms with Crippen LogP contribution in [0.15, 0.2) is 0 Å². The zero-order chi connectivity index (χ0) is 7.68. The Hall–Kier alpha value is -0.120. The van der Waals surface area contributed by atoms with Crippen molar-refractivity contribution in [1.82, 2.24) is 10.2 Å². The molecule has 3 nitrogen and oxygen atoms in total. The van der Waals surface area contributed by atoms with Crippen LogP contribution in [0.2, 0.25) is 0 Å². The van der Waals surface area contributed by atoms with Crippen molar-refractivity contribution in [2.45, 2.75) is 18.5 Å². The lowest BCUT2D eigenvalue weighted by molar-refractivity contribution is -0.00199. The molecule has 0 amide bonds. The number of fused-ring (bicyclic) bond motifs is 1. The van der Waals surface area contributed by atoms with Crippen molar-refractivity contribution < 1.29 is 4.74 Å². The molecule has 0 aromatic rings. The first-order chi connectivity index (χ1) is 5.38. The summed E-state index contributed by atoms with van der Waals surface area (Å²) in [6.45, 7) is 4.13. The highest BCUT2D eigenvalue weighted by Gasteiger charge is 2.31. The normalized spacial score (nSPS) is 40.1. The Labute approximate surface area is 67.7 Å². The standard InChI is InChI=1S/C8H16N2O/c1-10-4-3-9-7-6-11-5-2-8(7)10/h7-9H,2-6H2,1H3. The van der Waals surface area contributed by atoms with E-state index in [1.807, 2.05) is 0 Å². The van der Waals surface area contributed by atoms with Gasteiger partial charge in [-0.1, -0.05) is 0 Å². The van der Waals surface area contributed by atoms with E-state index in [1.165, 1.54) is 13.0 Å². The highest BCUT2D eigenvalue weighted by molar-refractivity contribution is 4.89. The van der Waals surface area contributed by atoms with Gasteiger partial charge in [0.15, 0.2) is 0 Å². The average Bonchev–Trinajstić information content (AvgIpc) is 2.06. The number of rotatable bonds is 0. The quantitative estimate of drug-likeness (QED) is 0.520. The highest BCUT2D eigenvalue weighted by atomic mass is 16.5. The number of nitrogens with one attached hydrogen (secondary N) is 1. The van der Waals surface area contributed by atoms with Gasteiger partial charge < -0.3 is 15.0 Å². The van der Waals surface area contributed by atoms with Gasteiger partial charge in [0.25, 0.3) is 0 Å². The molecule has 2 saturated heterocycles. The second-order valence-corrected chi connectivity index (χ2v) is 3.47. The Morgan fingerprint density at radius 1 is 1.55 bits per heavy atom. The van der Waals surface area contributed by atoms with Crippen molar-refractivity contribution >= 4 is 0 Å². The van der Waals surface area contributed by atoms with Crippen molar-refractivity contribution in [3.63, 3.8) is 0 Å². The third-order valence-corrected chi connectivity index (χ3v) is 2.76. The topological polar surface area (TPSA) is 24.5 Å². The number of hydrogen-bond acceptors (Lipinski definition) is 3. The van der Waals surface area contributed by atoms with E-state index in [4.69, 9.17) is 4.74 Å². The molecule has 2 fully saturated rings. The minimum Gasteiger partial charge on any atom is -0.380 e. The van der Waals surface area contributed by atoms with Crippen LogP contribution < -0.4 is 5.32 Å².